The molecule has 0 bridgehead atoms. The number of hydrogen-bond donors (Lipinski definition) is 2. The molecule has 2 aliphatic rings. The van der Waals surface area contributed by atoms with Crippen molar-refractivity contribution in [2.75, 3.05) is 31.1 Å². The number of benzene rings is 1. The number of nitrogens with zero attached hydrogens (tertiary/aromatic N) is 4. The van der Waals surface area contributed by atoms with E-state index in [2.05, 4.69) is 36.7 Å². The zero-order chi connectivity index (χ0) is 19.6. The van der Waals surface area contributed by atoms with Gasteiger partial charge in [0.15, 0.2) is 5.65 Å². The lowest BCUT2D eigenvalue weighted by Crippen LogP contribution is -2.36. The molecule has 9 heteroatoms. The number of hydrogen-bond acceptors (Lipinski definition) is 6. The fourth-order valence-corrected chi connectivity index (χ4v) is 4.27. The molecule has 0 amide bonds. The molecule has 1 atom stereocenters. The van der Waals surface area contributed by atoms with E-state index >= 15 is 0 Å². The molecule has 0 saturated carbocycles. The predicted octanol–water partition coefficient (Wildman–Crippen LogP) is 3.33. The Morgan fingerprint density at radius 2 is 1.81 bits per heavy atom. The zero-order valence-corrected chi connectivity index (χ0v) is 18.9. The molecular formula is C22H29Cl2N5O2. The number of aromatic nitrogens is 3. The Balaban J connectivity index is 0.00000136. The minimum absolute atomic E-state index is 0. The van der Waals surface area contributed by atoms with Gasteiger partial charge < -0.3 is 20.1 Å². The number of nitrogens with one attached hydrogen (secondary N) is 1. The third-order valence-corrected chi connectivity index (χ3v) is 5.95. The number of piperidine rings is 1. The van der Waals surface area contributed by atoms with Crippen LogP contribution in [0, 0.1) is 0 Å². The van der Waals surface area contributed by atoms with Gasteiger partial charge in [0.1, 0.15) is 18.2 Å². The van der Waals surface area contributed by atoms with Gasteiger partial charge in [-0.3, -0.25) is 9.38 Å². The van der Waals surface area contributed by atoms with Gasteiger partial charge in [0.05, 0.1) is 30.4 Å². The minimum atomic E-state index is -0.201. The quantitative estimate of drug-likeness (QED) is 0.601. The maximum atomic E-state index is 9.84. The molecule has 2 aromatic heterocycles. The molecule has 5 rings (SSSR count). The Hall–Kier alpha value is -2.06. The lowest BCUT2D eigenvalue weighted by molar-refractivity contribution is 0.145. The van der Waals surface area contributed by atoms with Crippen molar-refractivity contribution in [1.29, 1.82) is 0 Å². The summed E-state index contributed by atoms with van der Waals surface area (Å²) in [6, 6.07) is 8.70. The van der Waals surface area contributed by atoms with E-state index in [1.165, 1.54) is 12.8 Å². The highest BCUT2D eigenvalue weighted by Gasteiger charge is 2.21. The summed E-state index contributed by atoms with van der Waals surface area (Å²) in [6.07, 6.45) is 9.36. The molecule has 2 aliphatic heterocycles. The predicted molar refractivity (Wildman–Crippen MR) is 127 cm³/mol. The van der Waals surface area contributed by atoms with Crippen LogP contribution in [-0.2, 0) is 0 Å². The van der Waals surface area contributed by atoms with Crippen molar-refractivity contribution >= 4 is 36.3 Å². The average Bonchev–Trinajstić information content (AvgIpc) is 3.43. The molecule has 168 valence electrons. The molecule has 2 saturated heterocycles. The van der Waals surface area contributed by atoms with Gasteiger partial charge in [0.2, 0.25) is 0 Å². The molecule has 2 fully saturated rings. The van der Waals surface area contributed by atoms with Crippen LogP contribution >= 0.6 is 24.8 Å². The summed E-state index contributed by atoms with van der Waals surface area (Å²) in [4.78, 5) is 11.2. The van der Waals surface area contributed by atoms with Gasteiger partial charge in [-0.15, -0.1) is 24.8 Å². The van der Waals surface area contributed by atoms with E-state index in [0.717, 1.165) is 60.9 Å². The number of aliphatic hydroxyl groups excluding tert-OH is 1. The van der Waals surface area contributed by atoms with E-state index in [-0.39, 0.29) is 30.9 Å². The van der Waals surface area contributed by atoms with Crippen LogP contribution in [0.5, 0.6) is 5.75 Å². The van der Waals surface area contributed by atoms with Crippen molar-refractivity contribution in [3.63, 3.8) is 0 Å². The second kappa shape index (κ2) is 10.5. The third-order valence-electron chi connectivity index (χ3n) is 5.95. The Bertz CT molecular complexity index is 968. The van der Waals surface area contributed by atoms with Crippen LogP contribution in [0.1, 0.15) is 25.7 Å². The minimum Gasteiger partial charge on any atom is -0.492 e. The summed E-state index contributed by atoms with van der Waals surface area (Å²) in [5.41, 5.74) is 2.96. The smallest absolute Gasteiger partial charge is 0.157 e. The fraction of sp³-hybridized carbons (Fsp3) is 0.455. The number of fused-ring (bicyclic) bond motifs is 1. The lowest BCUT2D eigenvalue weighted by atomic mass is 10.1. The van der Waals surface area contributed by atoms with E-state index in [0.29, 0.717) is 12.6 Å². The monoisotopic (exact) mass is 465 g/mol. The third kappa shape index (κ3) is 5.06. The number of aliphatic hydroxyl groups is 1. The Morgan fingerprint density at radius 1 is 1.03 bits per heavy atom. The van der Waals surface area contributed by atoms with Crippen LogP contribution in [0.4, 0.5) is 5.82 Å². The van der Waals surface area contributed by atoms with Crippen LogP contribution in [0.3, 0.4) is 0 Å². The standard InChI is InChI=1S/C22H27N5O2.2ClH/c28-18-7-10-26(11-8-18)22-14-23-13-21-25-12-20(27(21)22)16-3-5-19(6-4-16)29-15-17-2-1-9-24-17;;/h3-6,12-14,17-18,24,28H,1-2,7-11,15H2;2*1H. The first kappa shape index (κ1) is 23.6. The maximum absolute atomic E-state index is 9.84. The second-order valence-corrected chi connectivity index (χ2v) is 7.95. The van der Waals surface area contributed by atoms with Crippen LogP contribution in [-0.4, -0.2) is 57.9 Å². The molecule has 2 N–H and O–H groups in total. The van der Waals surface area contributed by atoms with Crippen LogP contribution in [0.15, 0.2) is 42.9 Å². The van der Waals surface area contributed by atoms with E-state index < -0.39 is 0 Å². The highest BCUT2D eigenvalue weighted by molar-refractivity contribution is 5.85. The van der Waals surface area contributed by atoms with Crippen molar-refractivity contribution in [2.24, 2.45) is 0 Å². The molecule has 7 nitrogen and oxygen atoms in total. The molecule has 31 heavy (non-hydrogen) atoms. The zero-order valence-electron chi connectivity index (χ0n) is 17.3. The molecule has 1 aromatic carbocycles. The van der Waals surface area contributed by atoms with Crippen molar-refractivity contribution < 1.29 is 9.84 Å². The van der Waals surface area contributed by atoms with E-state index in [1.54, 1.807) is 6.20 Å². The number of imidazole rings is 1. The van der Waals surface area contributed by atoms with Crippen molar-refractivity contribution in [1.82, 2.24) is 19.7 Å². The summed E-state index contributed by atoms with van der Waals surface area (Å²) in [7, 11) is 0. The van der Waals surface area contributed by atoms with Crippen molar-refractivity contribution in [3.8, 4) is 17.0 Å². The highest BCUT2D eigenvalue weighted by Crippen LogP contribution is 2.28. The van der Waals surface area contributed by atoms with Gasteiger partial charge in [-0.1, -0.05) is 0 Å². The largest absolute Gasteiger partial charge is 0.492 e. The average molecular weight is 466 g/mol. The van der Waals surface area contributed by atoms with Crippen LogP contribution in [0.2, 0.25) is 0 Å². The van der Waals surface area contributed by atoms with Crippen LogP contribution in [0.25, 0.3) is 16.9 Å². The van der Waals surface area contributed by atoms with Gasteiger partial charge in [-0.25, -0.2) is 4.98 Å². The normalized spacial score (nSPS) is 19.1. The SMILES string of the molecule is Cl.Cl.OC1CCN(c2cncc3ncc(-c4ccc(OCC5CCCN5)cc4)n23)CC1. The first-order chi connectivity index (χ1) is 14.3. The Kier molecular flexibility index (Phi) is 8.00. The lowest BCUT2D eigenvalue weighted by Gasteiger charge is -2.31. The molecular weight excluding hydrogens is 437 g/mol. The van der Waals surface area contributed by atoms with Crippen molar-refractivity contribution in [3.05, 3.63) is 42.9 Å². The first-order valence-corrected chi connectivity index (χ1v) is 10.5. The number of ether oxygens (including phenoxy) is 1. The number of anilines is 1. The van der Waals surface area contributed by atoms with Gasteiger partial charge in [0, 0.05) is 24.7 Å². The molecule has 0 aliphatic carbocycles. The molecule has 4 heterocycles. The maximum Gasteiger partial charge on any atom is 0.157 e. The number of rotatable bonds is 5. The van der Waals surface area contributed by atoms with Crippen molar-refractivity contribution in [2.45, 2.75) is 37.8 Å². The Morgan fingerprint density at radius 3 is 2.52 bits per heavy atom. The van der Waals surface area contributed by atoms with Gasteiger partial charge in [-0.05, 0) is 56.5 Å². The molecule has 0 spiro atoms. The van der Waals surface area contributed by atoms with Gasteiger partial charge >= 0.3 is 0 Å². The summed E-state index contributed by atoms with van der Waals surface area (Å²) < 4.78 is 8.11. The molecule has 0 radical (unpaired) electrons. The molecule has 3 aromatic rings. The fourth-order valence-electron chi connectivity index (χ4n) is 4.27. The molecule has 1 unspecified atom stereocenters. The summed E-state index contributed by atoms with van der Waals surface area (Å²) in [6.45, 7) is 3.45. The summed E-state index contributed by atoms with van der Waals surface area (Å²) >= 11 is 0. The second-order valence-electron chi connectivity index (χ2n) is 7.95. The summed E-state index contributed by atoms with van der Waals surface area (Å²) in [5, 5.41) is 13.3. The topological polar surface area (TPSA) is 74.9 Å². The van der Waals surface area contributed by atoms with E-state index in [1.807, 2.05) is 24.5 Å². The van der Waals surface area contributed by atoms with Crippen LogP contribution < -0.4 is 15.0 Å². The Labute approximate surface area is 194 Å². The number of halogens is 2. The van der Waals surface area contributed by atoms with Gasteiger partial charge in [-0.2, -0.15) is 0 Å². The highest BCUT2D eigenvalue weighted by atomic mass is 35.5. The first-order valence-electron chi connectivity index (χ1n) is 10.5. The van der Waals surface area contributed by atoms with Gasteiger partial charge in [0.25, 0.3) is 0 Å². The van der Waals surface area contributed by atoms with E-state index in [9.17, 15) is 5.11 Å². The van der Waals surface area contributed by atoms with E-state index in [4.69, 9.17) is 4.74 Å². The summed E-state index contributed by atoms with van der Waals surface area (Å²) in [5.74, 6) is 1.91.